The third-order valence-electron chi connectivity index (χ3n) is 8.66. The second kappa shape index (κ2) is 10.4. The number of aliphatic hydroxyl groups excluding tert-OH is 1. The van der Waals surface area contributed by atoms with Crippen molar-refractivity contribution in [3.63, 3.8) is 0 Å². The summed E-state index contributed by atoms with van der Waals surface area (Å²) in [6.07, 6.45) is -2.28. The number of hydrogen-bond donors (Lipinski definition) is 3. The van der Waals surface area contributed by atoms with Crippen LogP contribution in [0, 0.1) is 0 Å². The van der Waals surface area contributed by atoms with Gasteiger partial charge in [-0.25, -0.2) is 0 Å². The molecule has 3 N–H and O–H groups in total. The highest BCUT2D eigenvalue weighted by atomic mass is 16.7. The summed E-state index contributed by atoms with van der Waals surface area (Å²) in [7, 11) is 4.95. The van der Waals surface area contributed by atoms with Crippen LogP contribution >= 0.6 is 0 Å². The maximum Gasteiger partial charge on any atom is 0.316 e. The van der Waals surface area contributed by atoms with Gasteiger partial charge in [-0.1, -0.05) is 19.1 Å². The molecular formula is C30H35NO9. The van der Waals surface area contributed by atoms with E-state index in [0.29, 0.717) is 17.5 Å². The van der Waals surface area contributed by atoms with E-state index < -0.39 is 53.7 Å². The first-order valence-electron chi connectivity index (χ1n) is 13.5. The van der Waals surface area contributed by atoms with Crippen molar-refractivity contribution in [1.82, 2.24) is 4.90 Å². The summed E-state index contributed by atoms with van der Waals surface area (Å²) in [5.41, 5.74) is -0.628. The van der Waals surface area contributed by atoms with E-state index >= 15 is 0 Å². The highest BCUT2D eigenvalue weighted by Gasteiger charge is 2.51. The van der Waals surface area contributed by atoms with E-state index in [0.717, 1.165) is 0 Å². The largest absolute Gasteiger partial charge is 0.507 e. The number of methoxy groups -OCH3 is 1. The van der Waals surface area contributed by atoms with Crippen molar-refractivity contribution in [3.8, 4) is 5.75 Å². The molecule has 1 saturated heterocycles. The van der Waals surface area contributed by atoms with Gasteiger partial charge in [0.1, 0.15) is 11.7 Å². The number of aliphatic hydroxyl groups is 2. The fourth-order valence-electron chi connectivity index (χ4n) is 6.37. The maximum atomic E-state index is 13.6. The summed E-state index contributed by atoms with van der Waals surface area (Å²) < 4.78 is 17.5. The zero-order chi connectivity index (χ0) is 29.1. The van der Waals surface area contributed by atoms with E-state index in [4.69, 9.17) is 14.2 Å². The third kappa shape index (κ3) is 4.44. The summed E-state index contributed by atoms with van der Waals surface area (Å²) in [5.74, 6) is -3.08. The number of aromatic hydroxyl groups is 1. The van der Waals surface area contributed by atoms with Gasteiger partial charge in [-0.05, 0) is 56.8 Å². The molecule has 0 unspecified atom stereocenters. The van der Waals surface area contributed by atoms with Crippen molar-refractivity contribution in [2.75, 3.05) is 21.2 Å². The van der Waals surface area contributed by atoms with Crippen LogP contribution in [0.3, 0.4) is 0 Å². The van der Waals surface area contributed by atoms with E-state index in [1.807, 2.05) is 19.0 Å². The molecule has 1 heterocycles. The summed E-state index contributed by atoms with van der Waals surface area (Å²) in [6, 6.07) is 7.08. The van der Waals surface area contributed by atoms with Crippen molar-refractivity contribution in [3.05, 3.63) is 63.7 Å². The number of carbonyl (C=O) groups excluding carboxylic acids is 3. The van der Waals surface area contributed by atoms with Gasteiger partial charge in [-0.15, -0.1) is 0 Å². The molecule has 0 saturated carbocycles. The maximum absolute atomic E-state index is 13.6. The number of ketones is 2. The first-order chi connectivity index (χ1) is 18.9. The molecule has 10 nitrogen and oxygen atoms in total. The first kappa shape index (κ1) is 28.4. The van der Waals surface area contributed by atoms with Crippen molar-refractivity contribution in [2.24, 2.45) is 0 Å². The Morgan fingerprint density at radius 1 is 1.12 bits per heavy atom. The second-order valence-corrected chi connectivity index (χ2v) is 11.2. The molecule has 2 aromatic rings. The molecule has 2 aromatic carbocycles. The molecule has 1 fully saturated rings. The first-order valence-corrected chi connectivity index (χ1v) is 13.5. The third-order valence-corrected chi connectivity index (χ3v) is 8.66. The quantitative estimate of drug-likeness (QED) is 0.403. The van der Waals surface area contributed by atoms with Gasteiger partial charge in [0.2, 0.25) is 0 Å². The zero-order valence-electron chi connectivity index (χ0n) is 23.2. The van der Waals surface area contributed by atoms with Gasteiger partial charge in [-0.3, -0.25) is 14.4 Å². The molecule has 1 aliphatic heterocycles. The van der Waals surface area contributed by atoms with Gasteiger partial charge in [0.25, 0.3) is 0 Å². The number of nitrogens with zero attached hydrogens (tertiary/aromatic N) is 1. The molecule has 5 rings (SSSR count). The van der Waals surface area contributed by atoms with Gasteiger partial charge < -0.3 is 34.4 Å². The smallest absolute Gasteiger partial charge is 0.316 e. The standard InChI is InChI=1S/C30H35NO9/c1-6-30(37)13-22(40-23-12-20(31(3)4)26(33)14(2)39-23)16-10-19-18(11-17(16)25(30)29(36)38-5)27(34)15-8-7-9-21(32)24(15)28(19)35/h7-11,14,20,22-23,25-26,32-33,37H,6,12-13H2,1-5H3/t14-,20-,22+,23-,25-,26+,30-/m0/s1. The lowest BCUT2D eigenvalue weighted by Crippen LogP contribution is -2.54. The molecule has 0 spiro atoms. The van der Waals surface area contributed by atoms with Gasteiger partial charge in [-0.2, -0.15) is 0 Å². The number of phenolic OH excluding ortho intramolecular Hbond substituents is 1. The van der Waals surface area contributed by atoms with Gasteiger partial charge in [0.05, 0.1) is 36.6 Å². The minimum Gasteiger partial charge on any atom is -0.507 e. The van der Waals surface area contributed by atoms with Crippen LogP contribution < -0.4 is 0 Å². The van der Waals surface area contributed by atoms with Crippen molar-refractivity contribution in [2.45, 2.75) is 75.3 Å². The normalized spacial score (nSPS) is 31.4. The van der Waals surface area contributed by atoms with Gasteiger partial charge in [0, 0.05) is 35.6 Å². The topological polar surface area (TPSA) is 143 Å². The average Bonchev–Trinajstić information content (AvgIpc) is 2.92. The minimum absolute atomic E-state index is 0.00243. The highest BCUT2D eigenvalue weighted by molar-refractivity contribution is 6.29. The van der Waals surface area contributed by atoms with Crippen molar-refractivity contribution >= 4 is 17.5 Å². The Kier molecular flexibility index (Phi) is 7.35. The Morgan fingerprint density at radius 3 is 2.45 bits per heavy atom. The summed E-state index contributed by atoms with van der Waals surface area (Å²) >= 11 is 0. The molecule has 10 heteroatoms. The number of rotatable bonds is 5. The highest BCUT2D eigenvalue weighted by Crippen LogP contribution is 2.50. The van der Waals surface area contributed by atoms with E-state index in [-0.39, 0.29) is 46.9 Å². The molecular weight excluding hydrogens is 518 g/mol. The second-order valence-electron chi connectivity index (χ2n) is 11.2. The van der Waals surface area contributed by atoms with Crippen LogP contribution in [0.2, 0.25) is 0 Å². The number of fused-ring (bicyclic) bond motifs is 3. The number of ether oxygens (including phenoxy) is 3. The summed E-state index contributed by atoms with van der Waals surface area (Å²) in [4.78, 5) is 42.1. The fourth-order valence-corrected chi connectivity index (χ4v) is 6.37. The van der Waals surface area contributed by atoms with Crippen LogP contribution in [0.4, 0.5) is 0 Å². The number of hydrogen-bond acceptors (Lipinski definition) is 10. The zero-order valence-corrected chi connectivity index (χ0v) is 23.2. The van der Waals surface area contributed by atoms with Gasteiger partial charge >= 0.3 is 5.97 Å². The average molecular weight is 554 g/mol. The van der Waals surface area contributed by atoms with Crippen LogP contribution in [-0.4, -0.2) is 89.1 Å². The lowest BCUT2D eigenvalue weighted by molar-refractivity contribution is -0.258. The lowest BCUT2D eigenvalue weighted by Gasteiger charge is -2.46. The van der Waals surface area contributed by atoms with E-state index in [1.54, 1.807) is 13.8 Å². The molecule has 40 heavy (non-hydrogen) atoms. The fraction of sp³-hybridized carbons (Fsp3) is 0.500. The van der Waals surface area contributed by atoms with Crippen LogP contribution in [0.25, 0.3) is 0 Å². The van der Waals surface area contributed by atoms with Gasteiger partial charge in [0.15, 0.2) is 17.9 Å². The van der Waals surface area contributed by atoms with E-state index in [9.17, 15) is 29.7 Å². The van der Waals surface area contributed by atoms with Crippen LogP contribution in [0.15, 0.2) is 30.3 Å². The summed E-state index contributed by atoms with van der Waals surface area (Å²) in [6.45, 7) is 3.51. The van der Waals surface area contributed by atoms with Crippen molar-refractivity contribution in [1.29, 1.82) is 0 Å². The Labute approximate surface area is 232 Å². The van der Waals surface area contributed by atoms with Crippen LogP contribution in [0.5, 0.6) is 5.75 Å². The van der Waals surface area contributed by atoms with E-state index in [2.05, 4.69) is 0 Å². The molecule has 0 radical (unpaired) electrons. The minimum atomic E-state index is -1.57. The Morgan fingerprint density at radius 2 is 1.80 bits per heavy atom. The molecule has 7 atom stereocenters. The Hall–Kier alpha value is -3.15. The number of carbonyl (C=O) groups is 3. The molecule has 3 aliphatic rings. The number of phenols is 1. The molecule has 0 bridgehead atoms. The summed E-state index contributed by atoms with van der Waals surface area (Å²) in [5, 5.41) is 32.8. The Balaban J connectivity index is 1.64. The number of likely N-dealkylation sites (N-methyl/N-ethyl adjacent to an activating group) is 1. The predicted molar refractivity (Wildman–Crippen MR) is 142 cm³/mol. The SMILES string of the molecule is CC[C@]1(O)C[C@@H](O[C@H]2C[C@H](N(C)C)[C@H](O)[C@H](C)O2)c2cc3c(cc2[C@H]1C(=O)OC)C(=O)c1cccc(O)c1C3=O. The van der Waals surface area contributed by atoms with Crippen molar-refractivity contribution < 1.29 is 43.9 Å². The lowest BCUT2D eigenvalue weighted by atomic mass is 9.67. The Bertz CT molecular complexity index is 1370. The molecule has 0 aromatic heterocycles. The van der Waals surface area contributed by atoms with E-state index in [1.165, 1.54) is 37.4 Å². The number of esters is 1. The number of benzene rings is 2. The molecule has 2 aliphatic carbocycles. The van der Waals surface area contributed by atoms with Crippen LogP contribution in [-0.2, 0) is 19.0 Å². The van der Waals surface area contributed by atoms with Crippen LogP contribution in [0.1, 0.15) is 88.1 Å². The molecule has 0 amide bonds. The predicted octanol–water partition coefficient (Wildman–Crippen LogP) is 2.45. The molecule has 214 valence electrons. The monoisotopic (exact) mass is 553 g/mol.